The fourth-order valence-corrected chi connectivity index (χ4v) is 5.17. The van der Waals surface area contributed by atoms with Gasteiger partial charge in [-0.3, -0.25) is 0 Å². The standard InChI is InChI=1S/C36H24N2/c1-5-13-25(14-6-1)29-21-33(27-17-9-3-10-18-27)37-35-24-32-30(26-15-7-2-8-16-26)22-34(28-19-11-4-12-20-28)38-36(32)23-31(29)35/h1-24H. The Labute approximate surface area is 221 Å². The Hall–Kier alpha value is -5.08. The fourth-order valence-electron chi connectivity index (χ4n) is 5.17. The minimum Gasteiger partial charge on any atom is -0.248 e. The van der Waals surface area contributed by atoms with E-state index in [4.69, 9.17) is 9.97 Å². The molecule has 5 aromatic carbocycles. The Morgan fingerprint density at radius 3 is 0.974 bits per heavy atom. The van der Waals surface area contributed by atoms with Crippen molar-refractivity contribution in [2.45, 2.75) is 0 Å². The maximum atomic E-state index is 5.17. The smallest absolute Gasteiger partial charge is 0.0723 e. The molecule has 0 bridgehead atoms. The number of rotatable bonds is 4. The number of aromatic nitrogens is 2. The van der Waals surface area contributed by atoms with Crippen LogP contribution in [0.15, 0.2) is 146 Å². The van der Waals surface area contributed by atoms with Gasteiger partial charge in [0.2, 0.25) is 0 Å². The molecule has 0 unspecified atom stereocenters. The van der Waals surface area contributed by atoms with Gasteiger partial charge in [0.25, 0.3) is 0 Å². The van der Waals surface area contributed by atoms with Crippen LogP contribution in [0.3, 0.4) is 0 Å². The monoisotopic (exact) mass is 484 g/mol. The van der Waals surface area contributed by atoms with Crippen LogP contribution < -0.4 is 0 Å². The van der Waals surface area contributed by atoms with Gasteiger partial charge in [-0.25, -0.2) is 9.97 Å². The molecule has 178 valence electrons. The van der Waals surface area contributed by atoms with Gasteiger partial charge in [0.1, 0.15) is 0 Å². The van der Waals surface area contributed by atoms with Crippen LogP contribution in [0.4, 0.5) is 0 Å². The third-order valence-corrected chi connectivity index (χ3v) is 7.05. The maximum Gasteiger partial charge on any atom is 0.0723 e. The van der Waals surface area contributed by atoms with Crippen molar-refractivity contribution in [2.75, 3.05) is 0 Å². The summed E-state index contributed by atoms with van der Waals surface area (Å²) in [5.41, 5.74) is 10.7. The van der Waals surface area contributed by atoms with Crippen molar-refractivity contribution in [2.24, 2.45) is 0 Å². The van der Waals surface area contributed by atoms with Crippen molar-refractivity contribution < 1.29 is 0 Å². The minimum atomic E-state index is 0.962. The highest BCUT2D eigenvalue weighted by Gasteiger charge is 2.15. The molecule has 0 saturated carbocycles. The second kappa shape index (κ2) is 9.42. The molecule has 38 heavy (non-hydrogen) atoms. The quantitative estimate of drug-likeness (QED) is 0.233. The molecule has 0 N–H and O–H groups in total. The summed E-state index contributed by atoms with van der Waals surface area (Å²) in [6.45, 7) is 0. The number of nitrogens with zero attached hydrogens (tertiary/aromatic N) is 2. The molecule has 7 rings (SSSR count). The molecule has 0 aliphatic heterocycles. The van der Waals surface area contributed by atoms with Gasteiger partial charge in [-0.15, -0.1) is 0 Å². The van der Waals surface area contributed by atoms with E-state index in [2.05, 4.69) is 133 Å². The van der Waals surface area contributed by atoms with E-state index in [0.29, 0.717) is 0 Å². The van der Waals surface area contributed by atoms with Crippen LogP contribution in [0.25, 0.3) is 66.6 Å². The molecule has 0 amide bonds. The predicted molar refractivity (Wildman–Crippen MR) is 159 cm³/mol. The van der Waals surface area contributed by atoms with Gasteiger partial charge in [-0.1, -0.05) is 121 Å². The van der Waals surface area contributed by atoms with E-state index in [1.54, 1.807) is 0 Å². The lowest BCUT2D eigenvalue weighted by atomic mass is 9.94. The van der Waals surface area contributed by atoms with Crippen LogP contribution in [0.2, 0.25) is 0 Å². The average molecular weight is 485 g/mol. The Balaban J connectivity index is 1.57. The zero-order valence-electron chi connectivity index (χ0n) is 20.8. The molecule has 0 fully saturated rings. The van der Waals surface area contributed by atoms with Crippen LogP contribution in [0.5, 0.6) is 0 Å². The normalized spacial score (nSPS) is 11.2. The topological polar surface area (TPSA) is 25.8 Å². The van der Waals surface area contributed by atoms with Crippen LogP contribution >= 0.6 is 0 Å². The van der Waals surface area contributed by atoms with Gasteiger partial charge in [0.15, 0.2) is 0 Å². The Bertz CT molecular complexity index is 1740. The second-order valence-electron chi connectivity index (χ2n) is 9.46. The van der Waals surface area contributed by atoms with Crippen molar-refractivity contribution in [1.29, 1.82) is 0 Å². The summed E-state index contributed by atoms with van der Waals surface area (Å²) in [5, 5.41) is 2.19. The van der Waals surface area contributed by atoms with Crippen LogP contribution in [-0.2, 0) is 0 Å². The summed E-state index contributed by atoms with van der Waals surface area (Å²) in [6.07, 6.45) is 0. The number of hydrogen-bond acceptors (Lipinski definition) is 2. The molecule has 0 saturated heterocycles. The van der Waals surface area contributed by atoms with Crippen molar-refractivity contribution in [1.82, 2.24) is 9.97 Å². The summed E-state index contributed by atoms with van der Waals surface area (Å²) in [6, 6.07) is 50.8. The first-order chi connectivity index (χ1) is 18.8. The average Bonchev–Trinajstić information content (AvgIpc) is 3.01. The highest BCUT2D eigenvalue weighted by molar-refractivity contribution is 6.08. The third kappa shape index (κ3) is 4.03. The van der Waals surface area contributed by atoms with E-state index < -0.39 is 0 Å². The molecule has 2 aromatic heterocycles. The van der Waals surface area contributed by atoms with E-state index in [1.165, 1.54) is 11.1 Å². The van der Waals surface area contributed by atoms with Gasteiger partial charge in [-0.2, -0.15) is 0 Å². The van der Waals surface area contributed by atoms with Crippen molar-refractivity contribution >= 4 is 21.8 Å². The van der Waals surface area contributed by atoms with Crippen molar-refractivity contribution in [3.63, 3.8) is 0 Å². The van der Waals surface area contributed by atoms with Crippen molar-refractivity contribution in [3.8, 4) is 44.8 Å². The highest BCUT2D eigenvalue weighted by Crippen LogP contribution is 2.38. The van der Waals surface area contributed by atoms with Crippen molar-refractivity contribution in [3.05, 3.63) is 146 Å². The van der Waals surface area contributed by atoms with Gasteiger partial charge in [0.05, 0.1) is 22.4 Å². The van der Waals surface area contributed by atoms with E-state index in [1.807, 2.05) is 12.1 Å². The molecule has 0 aliphatic rings. The number of hydrogen-bond donors (Lipinski definition) is 0. The molecule has 2 heteroatoms. The molecule has 7 aromatic rings. The van der Waals surface area contributed by atoms with Crippen LogP contribution in [0.1, 0.15) is 0 Å². The SMILES string of the molecule is c1ccc(-c2cc(-c3ccccc3)c3cc4nc(-c5ccccc5)cc(-c5ccccc5)c4cc3n2)cc1. The lowest BCUT2D eigenvalue weighted by molar-refractivity contribution is 1.38. The largest absolute Gasteiger partial charge is 0.248 e. The summed E-state index contributed by atoms with van der Waals surface area (Å²) in [4.78, 5) is 10.3. The molecule has 0 atom stereocenters. The fraction of sp³-hybridized carbons (Fsp3) is 0. The van der Waals surface area contributed by atoms with E-state index in [-0.39, 0.29) is 0 Å². The van der Waals surface area contributed by atoms with Gasteiger partial charge >= 0.3 is 0 Å². The zero-order chi connectivity index (χ0) is 25.3. The molecule has 0 aliphatic carbocycles. The third-order valence-electron chi connectivity index (χ3n) is 7.05. The molecule has 0 radical (unpaired) electrons. The van der Waals surface area contributed by atoms with Gasteiger partial charge in [-0.05, 0) is 46.5 Å². The van der Waals surface area contributed by atoms with E-state index in [9.17, 15) is 0 Å². The summed E-state index contributed by atoms with van der Waals surface area (Å²) in [5.74, 6) is 0. The molecular weight excluding hydrogens is 460 g/mol. The predicted octanol–water partition coefficient (Wildman–Crippen LogP) is 9.45. The maximum absolute atomic E-state index is 5.17. The van der Waals surface area contributed by atoms with E-state index >= 15 is 0 Å². The summed E-state index contributed by atoms with van der Waals surface area (Å²) < 4.78 is 0. The van der Waals surface area contributed by atoms with Crippen LogP contribution in [-0.4, -0.2) is 9.97 Å². The van der Waals surface area contributed by atoms with Crippen LogP contribution in [0, 0.1) is 0 Å². The lowest BCUT2D eigenvalue weighted by Crippen LogP contribution is -1.94. The first kappa shape index (κ1) is 22.1. The summed E-state index contributed by atoms with van der Waals surface area (Å²) >= 11 is 0. The zero-order valence-corrected chi connectivity index (χ0v) is 20.8. The molecule has 2 nitrogen and oxygen atoms in total. The Kier molecular flexibility index (Phi) is 5.49. The molecule has 2 heterocycles. The number of pyridine rings is 2. The second-order valence-corrected chi connectivity index (χ2v) is 9.46. The number of fused-ring (bicyclic) bond motifs is 2. The van der Waals surface area contributed by atoms with E-state index in [0.717, 1.165) is 55.4 Å². The molecular formula is C36H24N2. The number of benzene rings is 5. The van der Waals surface area contributed by atoms with Gasteiger partial charge < -0.3 is 0 Å². The lowest BCUT2D eigenvalue weighted by Gasteiger charge is -2.15. The van der Waals surface area contributed by atoms with Gasteiger partial charge in [0, 0.05) is 21.9 Å². The Morgan fingerprint density at radius 1 is 0.316 bits per heavy atom. The highest BCUT2D eigenvalue weighted by atomic mass is 14.7. The first-order valence-electron chi connectivity index (χ1n) is 12.8. The Morgan fingerprint density at radius 2 is 0.632 bits per heavy atom. The summed E-state index contributed by atoms with van der Waals surface area (Å²) in [7, 11) is 0. The minimum absolute atomic E-state index is 0.962. The molecule has 0 spiro atoms. The first-order valence-corrected chi connectivity index (χ1v) is 12.8.